The molecule has 0 aliphatic heterocycles. The zero-order valence-corrected chi connectivity index (χ0v) is 13.0. The smallest absolute Gasteiger partial charge is 0.480 e. The summed E-state index contributed by atoms with van der Waals surface area (Å²) in [6, 6.07) is 3.81. The topological polar surface area (TPSA) is 101 Å². The number of amides is 1. The second-order valence-corrected chi connectivity index (χ2v) is 5.13. The zero-order valence-electron chi connectivity index (χ0n) is 13.0. The Hall–Kier alpha value is -2.75. The highest BCUT2D eigenvalue weighted by atomic mass is 19.4. The minimum Gasteiger partial charge on any atom is -0.480 e. The number of rotatable bonds is 7. The molecule has 10 heteroatoms. The van der Waals surface area contributed by atoms with Crippen LogP contribution in [0.4, 0.5) is 13.2 Å². The van der Waals surface area contributed by atoms with Crippen molar-refractivity contribution in [2.45, 2.75) is 18.8 Å². The van der Waals surface area contributed by atoms with Crippen molar-refractivity contribution in [1.82, 2.24) is 10.3 Å². The fraction of sp³-hybridized carbons (Fsp3) is 0.333. The third-order valence-electron chi connectivity index (χ3n) is 3.29. The van der Waals surface area contributed by atoms with E-state index in [2.05, 4.69) is 15.0 Å². The summed E-state index contributed by atoms with van der Waals surface area (Å²) in [5, 5.41) is 11.9. The normalized spacial score (nSPS) is 12.8. The summed E-state index contributed by atoms with van der Waals surface area (Å²) in [6.45, 7) is 0.141. The number of halogens is 3. The van der Waals surface area contributed by atoms with Crippen LogP contribution in [0.2, 0.25) is 0 Å². The van der Waals surface area contributed by atoms with Gasteiger partial charge in [-0.05, 0) is 18.2 Å². The molecule has 1 aromatic heterocycles. The first kappa shape index (κ1) is 18.6. The number of methoxy groups -OCH3 is 1. The predicted molar refractivity (Wildman–Crippen MR) is 80.4 cm³/mol. The molecule has 0 radical (unpaired) electrons. The minimum absolute atomic E-state index is 0.0165. The van der Waals surface area contributed by atoms with E-state index in [1.165, 1.54) is 19.2 Å². The van der Waals surface area contributed by atoms with E-state index in [0.29, 0.717) is 5.39 Å². The van der Waals surface area contributed by atoms with Gasteiger partial charge in [-0.2, -0.15) is 0 Å². The molecule has 1 atom stereocenters. The number of hydrogen-bond acceptors (Lipinski definition) is 4. The number of alkyl halides is 3. The van der Waals surface area contributed by atoms with Crippen LogP contribution >= 0.6 is 0 Å². The van der Waals surface area contributed by atoms with Crippen LogP contribution in [0.15, 0.2) is 24.3 Å². The number of benzene rings is 1. The van der Waals surface area contributed by atoms with E-state index in [1.807, 2.05) is 0 Å². The number of carboxylic acids is 1. The summed E-state index contributed by atoms with van der Waals surface area (Å²) in [4.78, 5) is 25.9. The molecule has 1 aromatic carbocycles. The number of H-pyrrole nitrogens is 1. The van der Waals surface area contributed by atoms with Crippen molar-refractivity contribution in [3.05, 3.63) is 30.0 Å². The van der Waals surface area contributed by atoms with Crippen molar-refractivity contribution in [2.75, 3.05) is 13.7 Å². The van der Waals surface area contributed by atoms with Crippen molar-refractivity contribution < 1.29 is 37.3 Å². The molecule has 2 aromatic rings. The standard InChI is InChI=1S/C15H15F3N2O5/c1-24-5-4-10(14(22)23)20-13(21)12-6-8-2-3-9(7-11(8)19-12)25-15(16,17)18/h2-3,6-7,10,19H,4-5H2,1H3,(H,20,21)(H,22,23). The van der Waals surface area contributed by atoms with Crippen molar-refractivity contribution in [2.24, 2.45) is 0 Å². The number of ether oxygens (including phenoxy) is 2. The maximum absolute atomic E-state index is 12.2. The van der Waals surface area contributed by atoms with Gasteiger partial charge in [0.25, 0.3) is 5.91 Å². The molecule has 1 amide bonds. The number of aliphatic carboxylic acids is 1. The van der Waals surface area contributed by atoms with E-state index in [-0.39, 0.29) is 24.2 Å². The first-order chi connectivity index (χ1) is 11.7. The molecule has 0 saturated heterocycles. The van der Waals surface area contributed by atoms with E-state index in [0.717, 1.165) is 12.1 Å². The zero-order chi connectivity index (χ0) is 18.6. The van der Waals surface area contributed by atoms with Crippen LogP contribution in [-0.4, -0.2) is 48.1 Å². The molecule has 0 bridgehead atoms. The Bertz CT molecular complexity index is 772. The lowest BCUT2D eigenvalue weighted by molar-refractivity contribution is -0.274. The number of carbonyl (C=O) groups is 2. The molecule has 0 fully saturated rings. The van der Waals surface area contributed by atoms with Gasteiger partial charge in [0.05, 0.1) is 0 Å². The molecule has 0 spiro atoms. The van der Waals surface area contributed by atoms with Crippen LogP contribution in [0.1, 0.15) is 16.9 Å². The van der Waals surface area contributed by atoms with Crippen LogP contribution in [0.25, 0.3) is 10.9 Å². The lowest BCUT2D eigenvalue weighted by atomic mass is 10.2. The summed E-state index contributed by atoms with van der Waals surface area (Å²) in [7, 11) is 1.40. The Morgan fingerprint density at radius 1 is 1.32 bits per heavy atom. The van der Waals surface area contributed by atoms with Gasteiger partial charge in [0, 0.05) is 37.1 Å². The molecule has 3 N–H and O–H groups in total. The summed E-state index contributed by atoms with van der Waals surface area (Å²) >= 11 is 0. The average molecular weight is 360 g/mol. The molecule has 1 unspecified atom stereocenters. The monoisotopic (exact) mass is 360 g/mol. The molecule has 0 aliphatic rings. The number of hydrogen-bond donors (Lipinski definition) is 3. The first-order valence-electron chi connectivity index (χ1n) is 7.10. The molecule has 1 heterocycles. The Morgan fingerprint density at radius 3 is 2.64 bits per heavy atom. The van der Waals surface area contributed by atoms with E-state index < -0.39 is 30.0 Å². The van der Waals surface area contributed by atoms with E-state index in [1.54, 1.807) is 0 Å². The number of nitrogens with one attached hydrogen (secondary N) is 2. The minimum atomic E-state index is -4.82. The maximum Gasteiger partial charge on any atom is 0.573 e. The lowest BCUT2D eigenvalue weighted by Crippen LogP contribution is -2.41. The summed E-state index contributed by atoms with van der Waals surface area (Å²) in [5.41, 5.74) is 0.262. The Morgan fingerprint density at radius 2 is 2.04 bits per heavy atom. The van der Waals surface area contributed by atoms with Gasteiger partial charge < -0.3 is 24.9 Å². The van der Waals surface area contributed by atoms with E-state index in [4.69, 9.17) is 9.84 Å². The molecule has 25 heavy (non-hydrogen) atoms. The van der Waals surface area contributed by atoms with Gasteiger partial charge in [-0.15, -0.1) is 13.2 Å². The van der Waals surface area contributed by atoms with Crippen LogP contribution < -0.4 is 10.1 Å². The summed E-state index contributed by atoms with van der Waals surface area (Å²) in [6.07, 6.45) is -4.75. The third kappa shape index (κ3) is 5.11. The van der Waals surface area contributed by atoms with Gasteiger partial charge in [0.2, 0.25) is 0 Å². The fourth-order valence-electron chi connectivity index (χ4n) is 2.15. The van der Waals surface area contributed by atoms with Crippen molar-refractivity contribution in [3.8, 4) is 5.75 Å². The molecule has 0 saturated carbocycles. The van der Waals surface area contributed by atoms with Crippen molar-refractivity contribution in [3.63, 3.8) is 0 Å². The highest BCUT2D eigenvalue weighted by Gasteiger charge is 2.31. The second-order valence-electron chi connectivity index (χ2n) is 5.13. The van der Waals surface area contributed by atoms with Crippen LogP contribution in [0.5, 0.6) is 5.75 Å². The number of aromatic amines is 1. The second kappa shape index (κ2) is 7.43. The average Bonchev–Trinajstić information content (AvgIpc) is 2.92. The van der Waals surface area contributed by atoms with Gasteiger partial charge in [-0.1, -0.05) is 0 Å². The maximum atomic E-state index is 12.2. The Kier molecular flexibility index (Phi) is 5.52. The number of carboxylic acid groups (broad SMARTS) is 1. The summed E-state index contributed by atoms with van der Waals surface area (Å²) in [5.74, 6) is -2.35. The molecular weight excluding hydrogens is 345 g/mol. The SMILES string of the molecule is COCCC(NC(=O)c1cc2ccc(OC(F)(F)F)cc2[nH]1)C(=O)O. The molecule has 7 nitrogen and oxygen atoms in total. The Balaban J connectivity index is 2.17. The van der Waals surface area contributed by atoms with Crippen LogP contribution in [0, 0.1) is 0 Å². The first-order valence-corrected chi connectivity index (χ1v) is 7.10. The van der Waals surface area contributed by atoms with Gasteiger partial charge in [-0.25, -0.2) is 4.79 Å². The van der Waals surface area contributed by atoms with Gasteiger partial charge in [0.1, 0.15) is 17.5 Å². The molecule has 0 aliphatic carbocycles. The molecular formula is C15H15F3N2O5. The van der Waals surface area contributed by atoms with E-state index >= 15 is 0 Å². The van der Waals surface area contributed by atoms with Crippen LogP contribution in [-0.2, 0) is 9.53 Å². The predicted octanol–water partition coefficient (Wildman–Crippen LogP) is 2.29. The van der Waals surface area contributed by atoms with Crippen molar-refractivity contribution >= 4 is 22.8 Å². The Labute approximate surface area is 139 Å². The summed E-state index contributed by atoms with van der Waals surface area (Å²) < 4.78 is 45.3. The molecule has 2 rings (SSSR count). The third-order valence-corrected chi connectivity index (χ3v) is 3.29. The van der Waals surface area contributed by atoms with E-state index in [9.17, 15) is 22.8 Å². The highest BCUT2D eigenvalue weighted by Crippen LogP contribution is 2.26. The highest BCUT2D eigenvalue weighted by molar-refractivity contribution is 5.99. The van der Waals surface area contributed by atoms with Crippen LogP contribution in [0.3, 0.4) is 0 Å². The van der Waals surface area contributed by atoms with Gasteiger partial charge in [0.15, 0.2) is 0 Å². The molecule has 136 valence electrons. The fourth-order valence-corrected chi connectivity index (χ4v) is 2.15. The number of fused-ring (bicyclic) bond motifs is 1. The lowest BCUT2D eigenvalue weighted by Gasteiger charge is -2.13. The quantitative estimate of drug-likeness (QED) is 0.703. The number of carbonyl (C=O) groups excluding carboxylic acids is 1. The largest absolute Gasteiger partial charge is 0.573 e. The van der Waals surface area contributed by atoms with Gasteiger partial charge >= 0.3 is 12.3 Å². The van der Waals surface area contributed by atoms with Crippen molar-refractivity contribution in [1.29, 1.82) is 0 Å². The number of aromatic nitrogens is 1. The van der Waals surface area contributed by atoms with Gasteiger partial charge in [-0.3, -0.25) is 4.79 Å².